The van der Waals surface area contributed by atoms with E-state index in [1.165, 1.54) is 5.57 Å². The van der Waals surface area contributed by atoms with E-state index in [-0.39, 0.29) is 0 Å². The molecule has 0 aliphatic heterocycles. The molecule has 0 fully saturated rings. The van der Waals surface area contributed by atoms with Crippen molar-refractivity contribution >= 4 is 0 Å². The molecular formula is C7H7. The van der Waals surface area contributed by atoms with E-state index >= 15 is 0 Å². The molecule has 1 aliphatic rings. The first-order valence-electron chi connectivity index (χ1n) is 2.31. The van der Waals surface area contributed by atoms with Crippen LogP contribution in [0.15, 0.2) is 30.4 Å². The molecule has 35 valence electrons. The fraction of sp³-hybridized carbons (Fsp3) is 0.143. The third kappa shape index (κ3) is 1.04. The standard InChI is InChI=1S/C7H7/c1-7-5-3-2-4-6-7/h3-5H,1,6H2. The molecular weight excluding hydrogens is 84.1 g/mol. The Bertz CT molecular complexity index is 127. The van der Waals surface area contributed by atoms with Crippen LogP contribution in [-0.2, 0) is 0 Å². The topological polar surface area (TPSA) is 0 Å². The zero-order valence-corrected chi connectivity index (χ0v) is 4.15. The molecule has 7 heavy (non-hydrogen) atoms. The first-order chi connectivity index (χ1) is 3.39. The molecule has 0 saturated heterocycles. The van der Waals surface area contributed by atoms with Crippen LogP contribution in [0.4, 0.5) is 0 Å². The minimum atomic E-state index is 0.969. The molecule has 0 N–H and O–H groups in total. The molecule has 0 saturated carbocycles. The molecule has 1 radical (unpaired) electrons. The van der Waals surface area contributed by atoms with Crippen LogP contribution in [-0.4, -0.2) is 0 Å². The van der Waals surface area contributed by atoms with Gasteiger partial charge in [-0.25, -0.2) is 0 Å². The predicted octanol–water partition coefficient (Wildman–Crippen LogP) is 1.86. The second-order valence-electron chi connectivity index (χ2n) is 1.57. The summed E-state index contributed by atoms with van der Waals surface area (Å²) in [5.41, 5.74) is 1.17. The Kier molecular flexibility index (Phi) is 1.12. The molecule has 0 nitrogen and oxygen atoms in total. The third-order valence-corrected chi connectivity index (χ3v) is 0.897. The van der Waals surface area contributed by atoms with E-state index in [4.69, 9.17) is 0 Å². The monoisotopic (exact) mass is 91.1 g/mol. The summed E-state index contributed by atoms with van der Waals surface area (Å²) >= 11 is 0. The highest BCUT2D eigenvalue weighted by atomic mass is 13.9. The Morgan fingerprint density at radius 1 is 1.71 bits per heavy atom. The molecule has 0 aromatic carbocycles. The van der Waals surface area contributed by atoms with Gasteiger partial charge in [0.2, 0.25) is 0 Å². The summed E-state index contributed by atoms with van der Waals surface area (Å²) in [6, 6.07) is 0. The maximum Gasteiger partial charge on any atom is -0.00941 e. The molecule has 0 heteroatoms. The largest absolute Gasteiger partial charge is 0.0955 e. The molecule has 0 atom stereocenters. The van der Waals surface area contributed by atoms with Crippen molar-refractivity contribution in [3.05, 3.63) is 36.5 Å². The van der Waals surface area contributed by atoms with E-state index < -0.39 is 0 Å². The maximum absolute atomic E-state index is 3.76. The zero-order valence-electron chi connectivity index (χ0n) is 4.15. The highest BCUT2D eigenvalue weighted by molar-refractivity contribution is 5.23. The van der Waals surface area contributed by atoms with Crippen LogP contribution in [0.2, 0.25) is 0 Å². The van der Waals surface area contributed by atoms with Gasteiger partial charge in [0.05, 0.1) is 0 Å². The second-order valence-corrected chi connectivity index (χ2v) is 1.57. The van der Waals surface area contributed by atoms with Gasteiger partial charge in [-0.2, -0.15) is 0 Å². The van der Waals surface area contributed by atoms with Crippen molar-refractivity contribution in [1.29, 1.82) is 0 Å². The lowest BCUT2D eigenvalue weighted by Gasteiger charge is -1.94. The van der Waals surface area contributed by atoms with Gasteiger partial charge < -0.3 is 0 Å². The summed E-state index contributed by atoms with van der Waals surface area (Å²) in [7, 11) is 0. The van der Waals surface area contributed by atoms with Crippen LogP contribution >= 0.6 is 0 Å². The Labute approximate surface area is 43.9 Å². The smallest absolute Gasteiger partial charge is 0.00941 e. The van der Waals surface area contributed by atoms with Crippen molar-refractivity contribution in [2.45, 2.75) is 6.42 Å². The highest BCUT2D eigenvalue weighted by Gasteiger charge is 1.85. The van der Waals surface area contributed by atoms with Gasteiger partial charge >= 0.3 is 0 Å². The van der Waals surface area contributed by atoms with Gasteiger partial charge in [0.25, 0.3) is 0 Å². The lowest BCUT2D eigenvalue weighted by molar-refractivity contribution is 1.27. The predicted molar refractivity (Wildman–Crippen MR) is 30.7 cm³/mol. The van der Waals surface area contributed by atoms with Crippen LogP contribution < -0.4 is 0 Å². The van der Waals surface area contributed by atoms with Crippen molar-refractivity contribution in [1.82, 2.24) is 0 Å². The van der Waals surface area contributed by atoms with E-state index in [0.29, 0.717) is 0 Å². The van der Waals surface area contributed by atoms with Crippen LogP contribution in [0, 0.1) is 6.08 Å². The Balaban J connectivity index is 2.66. The molecule has 1 aliphatic carbocycles. The molecule has 0 heterocycles. The molecule has 1 rings (SSSR count). The summed E-state index contributed by atoms with van der Waals surface area (Å²) in [5, 5.41) is 0. The third-order valence-electron chi connectivity index (χ3n) is 0.897. The van der Waals surface area contributed by atoms with E-state index in [2.05, 4.69) is 12.7 Å². The van der Waals surface area contributed by atoms with E-state index in [9.17, 15) is 0 Å². The molecule has 0 amide bonds. The fourth-order valence-electron chi connectivity index (χ4n) is 0.492. The summed E-state index contributed by atoms with van der Waals surface area (Å²) in [5.74, 6) is 0. The Morgan fingerprint density at radius 2 is 2.57 bits per heavy atom. The fourth-order valence-corrected chi connectivity index (χ4v) is 0.492. The minimum Gasteiger partial charge on any atom is -0.0955 e. The second kappa shape index (κ2) is 1.78. The Hall–Kier alpha value is -0.780. The van der Waals surface area contributed by atoms with Crippen molar-refractivity contribution in [2.75, 3.05) is 0 Å². The number of allylic oxidation sites excluding steroid dienone is 5. The molecule has 0 unspecified atom stereocenters. The molecule has 0 spiro atoms. The summed E-state index contributed by atoms with van der Waals surface area (Å²) in [6.45, 7) is 3.76. The number of hydrogen-bond acceptors (Lipinski definition) is 0. The van der Waals surface area contributed by atoms with Gasteiger partial charge in [-0.3, -0.25) is 0 Å². The van der Waals surface area contributed by atoms with Gasteiger partial charge in [-0.15, -0.1) is 0 Å². The average Bonchev–Trinajstić information content (AvgIpc) is 1.69. The molecule has 0 bridgehead atoms. The van der Waals surface area contributed by atoms with E-state index in [1.54, 1.807) is 0 Å². The van der Waals surface area contributed by atoms with Gasteiger partial charge in [0.15, 0.2) is 0 Å². The quantitative estimate of drug-likeness (QED) is 0.427. The van der Waals surface area contributed by atoms with Crippen LogP contribution in [0.25, 0.3) is 0 Å². The highest BCUT2D eigenvalue weighted by Crippen LogP contribution is 2.04. The average molecular weight is 91.1 g/mol. The van der Waals surface area contributed by atoms with Gasteiger partial charge in [0.1, 0.15) is 0 Å². The van der Waals surface area contributed by atoms with Crippen molar-refractivity contribution in [3.63, 3.8) is 0 Å². The lowest BCUT2D eigenvalue weighted by atomic mass is 10.1. The van der Waals surface area contributed by atoms with Crippen LogP contribution in [0.1, 0.15) is 6.42 Å². The number of hydrogen-bond donors (Lipinski definition) is 0. The summed E-state index contributed by atoms with van der Waals surface area (Å²) < 4.78 is 0. The van der Waals surface area contributed by atoms with Crippen LogP contribution in [0.3, 0.4) is 0 Å². The molecule has 0 aromatic rings. The first kappa shape index (κ1) is 4.38. The van der Waals surface area contributed by atoms with Gasteiger partial charge in [-0.1, -0.05) is 30.4 Å². The lowest BCUT2D eigenvalue weighted by Crippen LogP contribution is -1.74. The SMILES string of the molecule is C=C1C=C[C]=CC1. The van der Waals surface area contributed by atoms with Crippen molar-refractivity contribution in [3.8, 4) is 0 Å². The van der Waals surface area contributed by atoms with Crippen LogP contribution in [0.5, 0.6) is 0 Å². The zero-order chi connectivity index (χ0) is 5.11. The minimum absolute atomic E-state index is 0.969. The van der Waals surface area contributed by atoms with E-state index in [1.807, 2.05) is 18.2 Å². The Morgan fingerprint density at radius 3 is 2.86 bits per heavy atom. The van der Waals surface area contributed by atoms with Gasteiger partial charge in [0, 0.05) is 0 Å². The van der Waals surface area contributed by atoms with E-state index in [0.717, 1.165) is 6.42 Å². The van der Waals surface area contributed by atoms with Crippen molar-refractivity contribution in [2.24, 2.45) is 0 Å². The van der Waals surface area contributed by atoms with Gasteiger partial charge in [-0.05, 0) is 12.5 Å². The first-order valence-corrected chi connectivity index (χ1v) is 2.31. The summed E-state index contributed by atoms with van der Waals surface area (Å²) in [6.07, 6.45) is 9.75. The number of rotatable bonds is 0. The maximum atomic E-state index is 3.76. The normalized spacial score (nSPS) is 18.0. The molecule has 0 aromatic heterocycles. The van der Waals surface area contributed by atoms with Crippen molar-refractivity contribution < 1.29 is 0 Å². The summed E-state index contributed by atoms with van der Waals surface area (Å²) in [4.78, 5) is 0.